The van der Waals surface area contributed by atoms with Crippen LogP contribution in [0.3, 0.4) is 0 Å². The van der Waals surface area contributed by atoms with Crippen molar-refractivity contribution in [1.82, 2.24) is 0 Å². The first-order chi connectivity index (χ1) is 40.0. The Morgan fingerprint density at radius 2 is 0.366 bits per heavy atom. The molecule has 0 bridgehead atoms. The lowest BCUT2D eigenvalue weighted by atomic mass is 9.93. The third-order valence-corrected chi connectivity index (χ3v) is 23.4. The monoisotopic (exact) mass is 1180 g/mol. The predicted molar refractivity (Wildman–Crippen MR) is 332 cm³/mol. The number of carbonyl (C=O) groups excluding carboxylic acids is 8. The number of thioether (sulfide) groups is 6. The highest BCUT2D eigenvalue weighted by Gasteiger charge is 2.65. The van der Waals surface area contributed by atoms with E-state index in [9.17, 15) is 0 Å². The molecule has 396 valence electrons. The fraction of sp³-hybridized carbons (Fsp3) is 0.0294. The van der Waals surface area contributed by atoms with Gasteiger partial charge >= 0.3 is 0 Å². The lowest BCUT2D eigenvalue weighted by molar-refractivity contribution is 0.100. The van der Waals surface area contributed by atoms with E-state index in [-0.39, 0.29) is 94.9 Å². The van der Waals surface area contributed by atoms with Gasteiger partial charge in [-0.1, -0.05) is 313 Å². The molecule has 8 aromatic rings. The summed E-state index contributed by atoms with van der Waals surface area (Å²) in [5.74, 6) is -4.56. The molecule has 0 saturated carbocycles. The third-order valence-electron chi connectivity index (χ3n) is 13.7. The second-order valence-corrected chi connectivity index (χ2v) is 26.2. The van der Waals surface area contributed by atoms with Gasteiger partial charge in [0.1, 0.15) is 8.16 Å². The Morgan fingerprint density at radius 3 is 0.549 bits per heavy atom. The van der Waals surface area contributed by atoms with Gasteiger partial charge in [0.05, 0.1) is 29.4 Å². The van der Waals surface area contributed by atoms with Gasteiger partial charge in [-0.15, -0.1) is 0 Å². The normalized spacial score (nSPS) is 16.1. The van der Waals surface area contributed by atoms with Crippen LogP contribution in [-0.4, -0.2) is 54.4 Å². The maximum Gasteiger partial charge on any atom is 0.200 e. The van der Waals surface area contributed by atoms with Gasteiger partial charge in [-0.05, 0) is 0 Å². The number of Topliss-reactive ketones (excluding diaryl/α,β-unsaturated/α-hetero) is 8. The minimum absolute atomic E-state index is 0.0286. The van der Waals surface area contributed by atoms with Crippen molar-refractivity contribution >= 4 is 117 Å². The van der Waals surface area contributed by atoms with E-state index in [1.807, 2.05) is 0 Å². The van der Waals surface area contributed by atoms with E-state index < -0.39 is 54.4 Å². The van der Waals surface area contributed by atoms with E-state index >= 15 is 38.4 Å². The minimum atomic E-state index is -2.00. The molecule has 4 aliphatic heterocycles. The average molecular weight is 1180 g/mol. The fourth-order valence-corrected chi connectivity index (χ4v) is 20.6. The molecule has 0 N–H and O–H groups in total. The molecule has 4 heterocycles. The lowest BCUT2D eigenvalue weighted by Crippen LogP contribution is -2.42. The van der Waals surface area contributed by atoms with Gasteiger partial charge in [0.15, 0.2) is 23.1 Å². The maximum absolute atomic E-state index is 16.3. The summed E-state index contributed by atoms with van der Waals surface area (Å²) in [4.78, 5) is 127. The molecule has 0 unspecified atom stereocenters. The Morgan fingerprint density at radius 1 is 0.207 bits per heavy atom. The third kappa shape index (κ3) is 9.82. The van der Waals surface area contributed by atoms with Crippen molar-refractivity contribution in [3.8, 4) is 0 Å². The molecule has 4 aliphatic rings. The first-order valence-corrected chi connectivity index (χ1v) is 30.5. The van der Waals surface area contributed by atoms with Crippen molar-refractivity contribution in [2.45, 2.75) is 8.16 Å². The first kappa shape index (κ1) is 54.5. The van der Waals surface area contributed by atoms with Crippen molar-refractivity contribution < 1.29 is 38.4 Å². The molecule has 0 fully saturated rings. The van der Waals surface area contributed by atoms with Gasteiger partial charge in [0.2, 0.25) is 23.1 Å². The predicted octanol–water partition coefficient (Wildman–Crippen LogP) is 16.0. The van der Waals surface area contributed by atoms with Crippen LogP contribution in [0.25, 0.3) is 0 Å². The standard InChI is InChI=1S/C68H40O8S6/c69-51(41-25-9-1-10-26-41)49-59(53(71)43-29-13-3-14-30-43)77-66-65(67(49)79-61(55(73)45-33-17-5-18-34-45)62(80-67)56(74)46-35-19-6-20-36-46)78-60(54(72)44-31-15-4-16-32-44)50(52(70)42-27-11-2-12-28-42)68(66)81-63(57(75)47-37-21-7-22-38-47)64(82-68)58(76)48-39-23-8-24-40-48/h1-40H. The van der Waals surface area contributed by atoms with Crippen LogP contribution in [-0.2, 0) is 0 Å². The quantitative estimate of drug-likeness (QED) is 0.0849. The summed E-state index contributed by atoms with van der Waals surface area (Å²) >= 11 is 5.58. The summed E-state index contributed by atoms with van der Waals surface area (Å²) in [7, 11) is 0. The number of benzene rings is 8. The Labute approximate surface area is 497 Å². The van der Waals surface area contributed by atoms with Gasteiger partial charge in [0.25, 0.3) is 0 Å². The van der Waals surface area contributed by atoms with Gasteiger partial charge in [-0.25, -0.2) is 0 Å². The first-order valence-electron chi connectivity index (χ1n) is 25.6. The topological polar surface area (TPSA) is 137 Å². The van der Waals surface area contributed by atoms with E-state index in [0.29, 0.717) is 0 Å². The summed E-state index contributed by atoms with van der Waals surface area (Å²) in [5, 5.41) is 0. The van der Waals surface area contributed by atoms with Gasteiger partial charge < -0.3 is 0 Å². The Kier molecular flexibility index (Phi) is 15.3. The summed E-state index contributed by atoms with van der Waals surface area (Å²) < 4.78 is -3.99. The van der Waals surface area contributed by atoms with Crippen LogP contribution in [0.2, 0.25) is 0 Å². The largest absolute Gasteiger partial charge is 0.289 e. The highest BCUT2D eigenvalue weighted by atomic mass is 32.2. The molecule has 82 heavy (non-hydrogen) atoms. The van der Waals surface area contributed by atoms with Crippen molar-refractivity contribution in [3.05, 3.63) is 338 Å². The molecule has 12 rings (SSSR count). The number of ketones is 8. The highest BCUT2D eigenvalue weighted by Crippen LogP contribution is 2.77. The molecule has 14 heteroatoms. The Hall–Kier alpha value is -8.08. The molecule has 0 atom stereocenters. The van der Waals surface area contributed by atoms with Gasteiger partial charge in [-0.2, -0.15) is 0 Å². The van der Waals surface area contributed by atoms with Gasteiger partial charge in [0, 0.05) is 65.5 Å². The lowest BCUT2D eigenvalue weighted by Gasteiger charge is -2.46. The van der Waals surface area contributed by atoms with E-state index in [1.54, 1.807) is 243 Å². The minimum Gasteiger partial charge on any atom is -0.289 e. The Balaban J connectivity index is 1.21. The number of rotatable bonds is 16. The molecular formula is C68H40O8S6. The van der Waals surface area contributed by atoms with Crippen LogP contribution in [0.4, 0.5) is 0 Å². The molecule has 0 radical (unpaired) electrons. The Bertz CT molecular complexity index is 3750. The molecular weight excluding hydrogens is 1140 g/mol. The molecule has 0 aliphatic carbocycles. The zero-order valence-corrected chi connectivity index (χ0v) is 47.7. The molecule has 0 aromatic heterocycles. The number of hydrogen-bond donors (Lipinski definition) is 0. The molecule has 8 nitrogen and oxygen atoms in total. The molecule has 8 aromatic carbocycles. The summed E-state index contributed by atoms with van der Waals surface area (Å²) in [6.07, 6.45) is 0. The summed E-state index contributed by atoms with van der Waals surface area (Å²) in [6, 6.07) is 67.3. The number of allylic oxidation sites excluding steroid dienone is 6. The van der Waals surface area contributed by atoms with Gasteiger partial charge in [-0.3, -0.25) is 38.4 Å². The second-order valence-electron chi connectivity index (χ2n) is 18.8. The molecule has 0 amide bonds. The van der Waals surface area contributed by atoms with Crippen LogP contribution < -0.4 is 0 Å². The van der Waals surface area contributed by atoms with Crippen molar-refractivity contribution in [2.75, 3.05) is 0 Å². The SMILES string of the molecule is O=C(C1=C(C(=O)c2ccccc2)SC2(S1)C1=C(SC(C(=O)c3ccccc3)=C2C(=O)c2ccccc2)C2(SC(C(=O)c3ccccc3)=C(C(=O)c3ccccc3)S2)C(C(=O)c2ccccc2)=C(C(=O)c2ccccc2)S1)c1ccccc1. The average Bonchev–Trinajstić information content (AvgIpc) is 1.66. The second kappa shape index (κ2) is 23.0. The van der Waals surface area contributed by atoms with E-state index in [1.165, 1.54) is 0 Å². The maximum atomic E-state index is 16.3. The van der Waals surface area contributed by atoms with Crippen LogP contribution in [0.15, 0.2) is 293 Å². The zero-order chi connectivity index (χ0) is 56.5. The molecule has 0 saturated heterocycles. The summed E-state index contributed by atoms with van der Waals surface area (Å²) in [5.41, 5.74) is 1.54. The fourth-order valence-electron chi connectivity index (χ4n) is 9.76. The van der Waals surface area contributed by atoms with Crippen LogP contribution in [0.1, 0.15) is 82.9 Å². The smallest absolute Gasteiger partial charge is 0.200 e. The van der Waals surface area contributed by atoms with Crippen LogP contribution in [0.5, 0.6) is 0 Å². The van der Waals surface area contributed by atoms with Crippen molar-refractivity contribution in [1.29, 1.82) is 0 Å². The molecule has 2 spiro atoms. The van der Waals surface area contributed by atoms with Crippen molar-refractivity contribution in [2.24, 2.45) is 0 Å². The van der Waals surface area contributed by atoms with Crippen LogP contribution in [0, 0.1) is 0 Å². The number of carbonyl (C=O) groups is 8. The number of fused-ring (bicyclic) bond motifs is 2. The highest BCUT2D eigenvalue weighted by molar-refractivity contribution is 8.30. The van der Waals surface area contributed by atoms with E-state index in [4.69, 9.17) is 0 Å². The van der Waals surface area contributed by atoms with E-state index in [0.717, 1.165) is 70.6 Å². The van der Waals surface area contributed by atoms with Crippen molar-refractivity contribution in [3.63, 3.8) is 0 Å². The van der Waals surface area contributed by atoms with Crippen LogP contribution >= 0.6 is 70.6 Å². The zero-order valence-electron chi connectivity index (χ0n) is 42.8. The van der Waals surface area contributed by atoms with E-state index in [2.05, 4.69) is 0 Å². The number of hydrogen-bond acceptors (Lipinski definition) is 14. The summed E-state index contributed by atoms with van der Waals surface area (Å²) in [6.45, 7) is 0.